The van der Waals surface area contributed by atoms with Crippen LogP contribution in [0.15, 0.2) is 48.5 Å². The molecule has 2 nitrogen and oxygen atoms in total. The Hall–Kier alpha value is -1.12. The monoisotopic (exact) mass is 376 g/mol. The van der Waals surface area contributed by atoms with E-state index >= 15 is 0 Å². The topological polar surface area (TPSA) is 18.5 Å². The van der Waals surface area contributed by atoms with Crippen molar-refractivity contribution in [2.45, 2.75) is 49.9 Å². The van der Waals surface area contributed by atoms with Crippen LogP contribution in [0, 0.1) is 13.8 Å². The van der Waals surface area contributed by atoms with Crippen LogP contribution < -0.4 is 0 Å². The first kappa shape index (κ1) is 16.7. The van der Waals surface area contributed by atoms with E-state index in [-0.39, 0.29) is 12.2 Å². The van der Waals surface area contributed by atoms with Crippen molar-refractivity contribution in [2.75, 3.05) is 0 Å². The van der Waals surface area contributed by atoms with E-state index < -0.39 is 0 Å². The van der Waals surface area contributed by atoms with Crippen molar-refractivity contribution < 1.29 is 9.47 Å². The first-order chi connectivity index (χ1) is 11.2. The SMILES string of the molecule is Cc1ccc(CO[C@@H]2C[Se]C[C@H]2OCc2ccc(C)cc2)cc1. The first-order valence-corrected chi connectivity index (χ1v) is 10.5. The molecule has 2 aromatic rings. The molecule has 0 aromatic heterocycles. The number of rotatable bonds is 6. The summed E-state index contributed by atoms with van der Waals surface area (Å²) in [6.07, 6.45) is 0.503. The van der Waals surface area contributed by atoms with Gasteiger partial charge in [-0.25, -0.2) is 0 Å². The Bertz CT molecular complexity index is 551. The summed E-state index contributed by atoms with van der Waals surface area (Å²) in [6.45, 7) is 5.59. The van der Waals surface area contributed by atoms with Crippen molar-refractivity contribution in [1.29, 1.82) is 0 Å². The van der Waals surface area contributed by atoms with Gasteiger partial charge in [-0.1, -0.05) is 0 Å². The number of aryl methyl sites for hydroxylation is 2. The molecular formula is C20H24O2Se. The average Bonchev–Trinajstić information content (AvgIpc) is 3.01. The van der Waals surface area contributed by atoms with Gasteiger partial charge in [0.1, 0.15) is 0 Å². The van der Waals surface area contributed by atoms with Crippen molar-refractivity contribution in [3.63, 3.8) is 0 Å². The summed E-state index contributed by atoms with van der Waals surface area (Å²) in [7, 11) is 0. The molecule has 0 unspecified atom stereocenters. The Balaban J connectivity index is 1.49. The molecule has 2 aromatic carbocycles. The Morgan fingerprint density at radius 2 is 1.13 bits per heavy atom. The second kappa shape index (κ2) is 8.12. The summed E-state index contributed by atoms with van der Waals surface area (Å²) >= 11 is 0.649. The molecule has 1 aliphatic heterocycles. The number of ether oxygens (including phenoxy) is 2. The van der Waals surface area contributed by atoms with E-state index in [4.69, 9.17) is 9.47 Å². The molecule has 0 saturated carbocycles. The van der Waals surface area contributed by atoms with Crippen LogP contribution >= 0.6 is 0 Å². The van der Waals surface area contributed by atoms with Crippen LogP contribution in [-0.4, -0.2) is 27.2 Å². The van der Waals surface area contributed by atoms with Gasteiger partial charge in [-0.15, -0.1) is 0 Å². The standard InChI is InChI=1S/C20H24O2Se/c1-15-3-7-17(8-4-15)11-21-19-13-23-14-20(19)22-12-18-9-5-16(2)6-10-18/h3-10,19-20H,11-14H2,1-2H3/t19-,20-/m1/s1. The summed E-state index contributed by atoms with van der Waals surface area (Å²) in [5.74, 6) is 0. The normalized spacial score (nSPS) is 20.8. The maximum absolute atomic E-state index is 6.14. The van der Waals surface area contributed by atoms with Crippen LogP contribution in [0.3, 0.4) is 0 Å². The molecule has 0 spiro atoms. The predicted octanol–water partition coefficient (Wildman–Crippen LogP) is 4.33. The quantitative estimate of drug-likeness (QED) is 0.700. The van der Waals surface area contributed by atoms with E-state index in [1.165, 1.54) is 22.3 Å². The van der Waals surface area contributed by atoms with Gasteiger partial charge in [-0.05, 0) is 0 Å². The minimum absolute atomic E-state index is 0.252. The molecular weight excluding hydrogens is 351 g/mol. The molecule has 2 atom stereocenters. The minimum atomic E-state index is 0.252. The molecule has 3 heteroatoms. The van der Waals surface area contributed by atoms with Crippen LogP contribution in [0.25, 0.3) is 0 Å². The molecule has 122 valence electrons. The zero-order valence-corrected chi connectivity index (χ0v) is 15.5. The maximum atomic E-state index is 6.14. The Kier molecular flexibility index (Phi) is 5.90. The van der Waals surface area contributed by atoms with Crippen molar-refractivity contribution >= 4 is 15.0 Å². The van der Waals surface area contributed by atoms with E-state index in [0.717, 1.165) is 10.6 Å². The van der Waals surface area contributed by atoms with Crippen LogP contribution in [0.5, 0.6) is 0 Å². The molecule has 1 heterocycles. The van der Waals surface area contributed by atoms with Gasteiger partial charge in [0.15, 0.2) is 0 Å². The van der Waals surface area contributed by atoms with Crippen molar-refractivity contribution in [3.8, 4) is 0 Å². The third-order valence-corrected chi connectivity index (χ3v) is 6.52. The van der Waals surface area contributed by atoms with E-state index in [1.807, 2.05) is 0 Å². The molecule has 0 radical (unpaired) electrons. The van der Waals surface area contributed by atoms with Crippen LogP contribution in [0.1, 0.15) is 22.3 Å². The third kappa shape index (κ3) is 4.92. The fourth-order valence-electron chi connectivity index (χ4n) is 2.60. The molecule has 0 N–H and O–H groups in total. The molecule has 3 rings (SSSR count). The van der Waals surface area contributed by atoms with Gasteiger partial charge in [0.25, 0.3) is 0 Å². The summed E-state index contributed by atoms with van der Waals surface area (Å²) < 4.78 is 12.3. The molecule has 1 aliphatic rings. The van der Waals surface area contributed by atoms with Crippen LogP contribution in [-0.2, 0) is 22.7 Å². The summed E-state index contributed by atoms with van der Waals surface area (Å²) in [6, 6.07) is 17.2. The van der Waals surface area contributed by atoms with Gasteiger partial charge in [-0.2, -0.15) is 0 Å². The Labute approximate surface area is 145 Å². The molecule has 23 heavy (non-hydrogen) atoms. The molecule has 1 saturated heterocycles. The van der Waals surface area contributed by atoms with E-state index in [1.54, 1.807) is 0 Å². The third-order valence-electron chi connectivity index (χ3n) is 4.15. The van der Waals surface area contributed by atoms with Crippen LogP contribution in [0.4, 0.5) is 0 Å². The molecule has 0 aliphatic carbocycles. The fraction of sp³-hybridized carbons (Fsp3) is 0.400. The van der Waals surface area contributed by atoms with Gasteiger partial charge in [-0.3, -0.25) is 0 Å². The summed E-state index contributed by atoms with van der Waals surface area (Å²) in [4.78, 5) is 0. The van der Waals surface area contributed by atoms with Crippen LogP contribution in [0.2, 0.25) is 10.6 Å². The summed E-state index contributed by atoms with van der Waals surface area (Å²) in [5.41, 5.74) is 5.06. The van der Waals surface area contributed by atoms with Gasteiger partial charge >= 0.3 is 145 Å². The number of benzene rings is 2. The first-order valence-electron chi connectivity index (χ1n) is 8.13. The molecule has 0 amide bonds. The number of hydrogen-bond donors (Lipinski definition) is 0. The zero-order chi connectivity index (χ0) is 16.1. The molecule has 1 fully saturated rings. The Morgan fingerprint density at radius 1 is 0.739 bits per heavy atom. The van der Waals surface area contributed by atoms with Crippen molar-refractivity contribution in [2.24, 2.45) is 0 Å². The van der Waals surface area contributed by atoms with Gasteiger partial charge in [0.05, 0.1) is 0 Å². The van der Waals surface area contributed by atoms with Gasteiger partial charge in [0.2, 0.25) is 0 Å². The average molecular weight is 375 g/mol. The Morgan fingerprint density at radius 3 is 1.52 bits per heavy atom. The second-order valence-electron chi connectivity index (χ2n) is 6.21. The number of hydrogen-bond acceptors (Lipinski definition) is 2. The zero-order valence-electron chi connectivity index (χ0n) is 13.8. The summed E-state index contributed by atoms with van der Waals surface area (Å²) in [5, 5.41) is 2.33. The molecule has 0 bridgehead atoms. The van der Waals surface area contributed by atoms with E-state index in [9.17, 15) is 0 Å². The van der Waals surface area contributed by atoms with Crippen molar-refractivity contribution in [1.82, 2.24) is 0 Å². The van der Waals surface area contributed by atoms with Gasteiger partial charge in [0, 0.05) is 0 Å². The van der Waals surface area contributed by atoms with E-state index in [2.05, 4.69) is 62.4 Å². The van der Waals surface area contributed by atoms with Gasteiger partial charge < -0.3 is 0 Å². The fourth-order valence-corrected chi connectivity index (χ4v) is 5.17. The predicted molar refractivity (Wildman–Crippen MR) is 94.9 cm³/mol. The second-order valence-corrected chi connectivity index (χ2v) is 8.46. The van der Waals surface area contributed by atoms with Crippen molar-refractivity contribution in [3.05, 3.63) is 70.8 Å². The van der Waals surface area contributed by atoms with E-state index in [0.29, 0.717) is 28.2 Å².